The van der Waals surface area contributed by atoms with E-state index in [2.05, 4.69) is 10.3 Å². The maximum absolute atomic E-state index is 11.8. The molecule has 8 heteroatoms. The molecule has 2 aliphatic heterocycles. The van der Waals surface area contributed by atoms with Crippen molar-refractivity contribution in [1.29, 1.82) is 0 Å². The van der Waals surface area contributed by atoms with Gasteiger partial charge in [-0.15, -0.1) is 0 Å². The number of carbonyl (C=O) groups excluding carboxylic acids is 1. The van der Waals surface area contributed by atoms with Gasteiger partial charge in [-0.1, -0.05) is 18.2 Å². The van der Waals surface area contributed by atoms with Gasteiger partial charge in [0.1, 0.15) is 5.82 Å². The zero-order valence-electron chi connectivity index (χ0n) is 14.5. The first-order valence-corrected chi connectivity index (χ1v) is 8.81. The van der Waals surface area contributed by atoms with Crippen molar-refractivity contribution >= 4 is 34.6 Å². The number of benzene rings is 1. The van der Waals surface area contributed by atoms with Crippen molar-refractivity contribution in [2.75, 3.05) is 18.0 Å². The minimum Gasteiger partial charge on any atom is -0.481 e. The summed E-state index contributed by atoms with van der Waals surface area (Å²) in [6, 6.07) is 8.64. The number of hydrogen-bond acceptors (Lipinski definition) is 5. The van der Waals surface area contributed by atoms with Crippen molar-refractivity contribution in [2.45, 2.75) is 24.8 Å². The van der Waals surface area contributed by atoms with Gasteiger partial charge >= 0.3 is 11.9 Å². The fourth-order valence-corrected chi connectivity index (χ4v) is 4.23. The van der Waals surface area contributed by atoms with Crippen LogP contribution in [0.4, 0.5) is 5.82 Å². The van der Waals surface area contributed by atoms with Crippen LogP contribution < -0.4 is 10.2 Å². The summed E-state index contributed by atoms with van der Waals surface area (Å²) in [5, 5.41) is 22.5. The largest absolute Gasteiger partial charge is 0.481 e. The lowest BCUT2D eigenvalue weighted by molar-refractivity contribution is -0.144. The Morgan fingerprint density at radius 2 is 1.89 bits per heavy atom. The molecular weight excluding hydrogens is 350 g/mol. The summed E-state index contributed by atoms with van der Waals surface area (Å²) in [6.07, 6.45) is 0.964. The maximum atomic E-state index is 11.8. The molecule has 0 radical (unpaired) electrons. The molecule has 27 heavy (non-hydrogen) atoms. The van der Waals surface area contributed by atoms with Crippen LogP contribution in [0.25, 0.3) is 10.9 Å². The molecule has 3 N–H and O–H groups in total. The minimum absolute atomic E-state index is 0.00667. The molecule has 2 aromatic rings. The summed E-state index contributed by atoms with van der Waals surface area (Å²) in [4.78, 5) is 41.5. The molecule has 1 amide bonds. The van der Waals surface area contributed by atoms with Crippen molar-refractivity contribution in [3.63, 3.8) is 0 Å². The van der Waals surface area contributed by atoms with Gasteiger partial charge in [-0.25, -0.2) is 9.78 Å². The van der Waals surface area contributed by atoms with Crippen LogP contribution in [0.1, 0.15) is 29.6 Å². The lowest BCUT2D eigenvalue weighted by Crippen LogP contribution is -2.55. The Kier molecular flexibility index (Phi) is 3.98. The first-order chi connectivity index (χ1) is 12.9. The molecule has 1 aromatic carbocycles. The van der Waals surface area contributed by atoms with Gasteiger partial charge in [-0.3, -0.25) is 9.59 Å². The predicted molar refractivity (Wildman–Crippen MR) is 96.8 cm³/mol. The van der Waals surface area contributed by atoms with Gasteiger partial charge in [0, 0.05) is 24.9 Å². The summed E-state index contributed by atoms with van der Waals surface area (Å²) in [7, 11) is 0. The number of fused-ring (bicyclic) bond motifs is 1. The number of aromatic nitrogens is 1. The van der Waals surface area contributed by atoms with E-state index in [-0.39, 0.29) is 17.9 Å². The highest BCUT2D eigenvalue weighted by Crippen LogP contribution is 2.38. The van der Waals surface area contributed by atoms with Gasteiger partial charge in [0.2, 0.25) is 5.91 Å². The summed E-state index contributed by atoms with van der Waals surface area (Å²) in [5.74, 6) is -2.38. The zero-order valence-corrected chi connectivity index (χ0v) is 14.5. The number of hydrogen-bond donors (Lipinski definition) is 3. The van der Waals surface area contributed by atoms with Crippen molar-refractivity contribution < 1.29 is 24.6 Å². The van der Waals surface area contributed by atoms with Crippen molar-refractivity contribution in [2.24, 2.45) is 5.92 Å². The van der Waals surface area contributed by atoms with Crippen molar-refractivity contribution in [3.8, 4) is 0 Å². The highest BCUT2D eigenvalue weighted by Gasteiger charge is 2.51. The number of aromatic carboxylic acids is 1. The average Bonchev–Trinajstić information content (AvgIpc) is 2.97. The normalized spacial score (nSPS) is 21.4. The van der Waals surface area contributed by atoms with E-state index in [0.29, 0.717) is 42.7 Å². The summed E-state index contributed by atoms with van der Waals surface area (Å²) >= 11 is 0. The third-order valence-corrected chi connectivity index (χ3v) is 5.66. The summed E-state index contributed by atoms with van der Waals surface area (Å²) < 4.78 is 0. The molecule has 1 spiro atoms. The van der Waals surface area contributed by atoms with Gasteiger partial charge in [-0.05, 0) is 25.0 Å². The molecule has 0 bridgehead atoms. The lowest BCUT2D eigenvalue weighted by Gasteiger charge is -2.42. The molecule has 1 aromatic heterocycles. The third-order valence-electron chi connectivity index (χ3n) is 5.66. The number of piperidine rings is 1. The second-order valence-electron chi connectivity index (χ2n) is 7.14. The Labute approximate surface area is 154 Å². The van der Waals surface area contributed by atoms with Crippen molar-refractivity contribution in [3.05, 3.63) is 35.9 Å². The zero-order chi connectivity index (χ0) is 19.2. The van der Waals surface area contributed by atoms with Gasteiger partial charge in [0.25, 0.3) is 0 Å². The maximum Gasteiger partial charge on any atom is 0.336 e. The number of nitrogens with zero attached hydrogens (tertiary/aromatic N) is 2. The number of anilines is 1. The Hall–Kier alpha value is -3.16. The molecule has 2 aliphatic rings. The Bertz CT molecular complexity index is 950. The van der Waals surface area contributed by atoms with E-state index in [1.165, 1.54) is 0 Å². The van der Waals surface area contributed by atoms with Crippen LogP contribution in [0.15, 0.2) is 30.3 Å². The second kappa shape index (κ2) is 6.22. The first kappa shape index (κ1) is 17.3. The minimum atomic E-state index is -1.02. The standard InChI is InChI=1S/C19H19N3O5/c23-16-10-13(18(26)27)19(21-16)5-7-22(8-6-19)15-9-12(17(24)25)11-3-1-2-4-14(11)20-15/h1-4,9,13H,5-8,10H2,(H,21,23)(H,24,25)(H,26,27). The lowest BCUT2D eigenvalue weighted by atomic mass is 9.77. The van der Waals surface area contributed by atoms with Crippen LogP contribution in [0, 0.1) is 5.92 Å². The highest BCUT2D eigenvalue weighted by atomic mass is 16.4. The SMILES string of the molecule is O=C1CC(C(=O)O)C2(CCN(c3cc(C(=O)O)c4ccccc4n3)CC2)N1. The summed E-state index contributed by atoms with van der Waals surface area (Å²) in [5.41, 5.74) is 0.0602. The summed E-state index contributed by atoms with van der Waals surface area (Å²) in [6.45, 7) is 0.989. The molecule has 8 nitrogen and oxygen atoms in total. The molecule has 2 saturated heterocycles. The molecule has 2 fully saturated rings. The molecule has 0 saturated carbocycles. The molecule has 4 rings (SSSR count). The predicted octanol–water partition coefficient (Wildman–Crippen LogP) is 1.49. The van der Waals surface area contributed by atoms with Crippen LogP contribution in [0.3, 0.4) is 0 Å². The van der Waals surface area contributed by atoms with E-state index < -0.39 is 23.4 Å². The number of rotatable bonds is 3. The van der Waals surface area contributed by atoms with Gasteiger partial charge < -0.3 is 20.4 Å². The van der Waals surface area contributed by atoms with Gasteiger partial charge in [0.15, 0.2) is 0 Å². The van der Waals surface area contributed by atoms with Crippen LogP contribution in [-0.4, -0.2) is 51.7 Å². The van der Waals surface area contributed by atoms with E-state index in [1.807, 2.05) is 11.0 Å². The Balaban J connectivity index is 1.63. The topological polar surface area (TPSA) is 120 Å². The molecule has 1 atom stereocenters. The number of nitrogens with one attached hydrogen (secondary N) is 1. The van der Waals surface area contributed by atoms with Crippen LogP contribution in [-0.2, 0) is 9.59 Å². The monoisotopic (exact) mass is 369 g/mol. The average molecular weight is 369 g/mol. The number of para-hydroxylation sites is 1. The Morgan fingerprint density at radius 3 is 2.56 bits per heavy atom. The fraction of sp³-hybridized carbons (Fsp3) is 0.368. The smallest absolute Gasteiger partial charge is 0.336 e. The van der Waals surface area contributed by atoms with Crippen LogP contribution in [0.5, 0.6) is 0 Å². The van der Waals surface area contributed by atoms with E-state index in [4.69, 9.17) is 0 Å². The second-order valence-corrected chi connectivity index (χ2v) is 7.14. The van der Waals surface area contributed by atoms with Gasteiger partial charge in [0.05, 0.1) is 22.5 Å². The van der Waals surface area contributed by atoms with Crippen LogP contribution in [0.2, 0.25) is 0 Å². The van der Waals surface area contributed by atoms with E-state index >= 15 is 0 Å². The number of carboxylic acids is 2. The Morgan fingerprint density at radius 1 is 1.19 bits per heavy atom. The van der Waals surface area contributed by atoms with Gasteiger partial charge in [-0.2, -0.15) is 0 Å². The number of amides is 1. The van der Waals surface area contributed by atoms with E-state index in [1.54, 1.807) is 24.3 Å². The third kappa shape index (κ3) is 2.87. The molecule has 1 unspecified atom stereocenters. The number of pyridine rings is 1. The van der Waals surface area contributed by atoms with Crippen molar-refractivity contribution in [1.82, 2.24) is 10.3 Å². The highest BCUT2D eigenvalue weighted by molar-refractivity contribution is 6.03. The number of carboxylic acid groups (broad SMARTS) is 2. The molecule has 3 heterocycles. The van der Waals surface area contributed by atoms with E-state index in [9.17, 15) is 24.6 Å². The quantitative estimate of drug-likeness (QED) is 0.750. The number of carbonyl (C=O) groups is 3. The van der Waals surface area contributed by atoms with Crippen LogP contribution >= 0.6 is 0 Å². The molecule has 140 valence electrons. The van der Waals surface area contributed by atoms with E-state index in [0.717, 1.165) is 0 Å². The first-order valence-electron chi connectivity index (χ1n) is 8.81. The molecular formula is C19H19N3O5. The number of aliphatic carboxylic acids is 1. The fourth-order valence-electron chi connectivity index (χ4n) is 4.23. The molecule has 0 aliphatic carbocycles.